The molecule has 9 heavy (non-hydrogen) atoms. The van der Waals surface area contributed by atoms with Crippen molar-refractivity contribution in [3.05, 3.63) is 0 Å². The van der Waals surface area contributed by atoms with Crippen LogP contribution in [0.15, 0.2) is 20.7 Å². The number of unbranched alkanes of at least 4 members (excludes halogenated alkanes) is 1. The third kappa shape index (κ3) is 1.87. The molecule has 1 aliphatic heterocycles. The quantitative estimate of drug-likeness (QED) is 0.557. The summed E-state index contributed by atoms with van der Waals surface area (Å²) in [6, 6.07) is 0. The van der Waals surface area contributed by atoms with Gasteiger partial charge in [-0.3, -0.25) is 0 Å². The van der Waals surface area contributed by atoms with Crippen LogP contribution in [-0.2, 0) is 0 Å². The van der Waals surface area contributed by atoms with Gasteiger partial charge in [0.2, 0.25) is 0 Å². The number of hydrogen-bond donors (Lipinski definition) is 0. The Morgan fingerprint density at radius 2 is 1.89 bits per heavy atom. The highest BCUT2D eigenvalue weighted by atomic mass is 15.6. The molecule has 0 fully saturated rings. The lowest BCUT2D eigenvalue weighted by molar-refractivity contribution is 0.593. The smallest absolute Gasteiger partial charge is 0.138 e. The summed E-state index contributed by atoms with van der Waals surface area (Å²) in [6.45, 7) is 2.14. The predicted octanol–water partition coefficient (Wildman–Crippen LogP) is 2.34. The molecule has 0 N–H and O–H groups in total. The molecule has 0 bridgehead atoms. The molecule has 0 saturated heterocycles. The van der Waals surface area contributed by atoms with Gasteiger partial charge in [0.25, 0.3) is 0 Å². The molecule has 0 spiro atoms. The largest absolute Gasteiger partial charge is 0.185 e. The van der Waals surface area contributed by atoms with Gasteiger partial charge in [-0.25, -0.2) is 0 Å². The first-order valence-corrected chi connectivity index (χ1v) is 3.23. The van der Waals surface area contributed by atoms with Gasteiger partial charge in [0.1, 0.15) is 0 Å². The summed E-state index contributed by atoms with van der Waals surface area (Å²) >= 11 is 0. The van der Waals surface area contributed by atoms with Crippen molar-refractivity contribution in [1.82, 2.24) is 0 Å². The normalized spacial score (nSPS) is 17.4. The van der Waals surface area contributed by atoms with Crippen molar-refractivity contribution in [2.75, 3.05) is 0 Å². The van der Waals surface area contributed by atoms with Crippen molar-refractivity contribution in [1.29, 1.82) is 0 Å². The molecule has 1 heterocycles. The van der Waals surface area contributed by atoms with Crippen molar-refractivity contribution in [3.63, 3.8) is 0 Å². The van der Waals surface area contributed by atoms with Crippen molar-refractivity contribution in [3.8, 4) is 0 Å². The molecule has 0 aromatic heterocycles. The Morgan fingerprint density at radius 1 is 1.22 bits per heavy atom. The van der Waals surface area contributed by atoms with Crippen LogP contribution in [0.25, 0.3) is 0 Å². The van der Waals surface area contributed by atoms with Crippen LogP contribution in [0, 0.1) is 0 Å². The average Bonchev–Trinajstić information content (AvgIpc) is 2.34. The van der Waals surface area contributed by atoms with E-state index in [2.05, 4.69) is 27.6 Å². The zero-order chi connectivity index (χ0) is 6.53. The van der Waals surface area contributed by atoms with E-state index in [1.165, 1.54) is 6.42 Å². The molecular weight excluding hydrogens is 116 g/mol. The first-order valence-electron chi connectivity index (χ1n) is 3.23. The van der Waals surface area contributed by atoms with E-state index >= 15 is 0 Å². The number of hydrogen-bond acceptors (Lipinski definition) is 4. The first-order chi connectivity index (χ1) is 4.43. The highest BCUT2D eigenvalue weighted by molar-refractivity contribution is 4.60. The van der Waals surface area contributed by atoms with Crippen LogP contribution in [0.4, 0.5) is 0 Å². The van der Waals surface area contributed by atoms with Gasteiger partial charge >= 0.3 is 0 Å². The number of nitrogens with zero attached hydrogens (tertiary/aromatic N) is 4. The second kappa shape index (κ2) is 3.27. The summed E-state index contributed by atoms with van der Waals surface area (Å²) in [5, 5.41) is 14.3. The summed E-state index contributed by atoms with van der Waals surface area (Å²) < 4.78 is 0. The Labute approximate surface area is 54.1 Å². The van der Waals surface area contributed by atoms with Gasteiger partial charge in [0.15, 0.2) is 6.17 Å². The molecule has 0 aliphatic carbocycles. The van der Waals surface area contributed by atoms with E-state index in [1.807, 2.05) is 0 Å². The van der Waals surface area contributed by atoms with E-state index in [0.717, 1.165) is 12.8 Å². The van der Waals surface area contributed by atoms with E-state index in [0.29, 0.717) is 0 Å². The fourth-order valence-corrected chi connectivity index (χ4v) is 0.691. The van der Waals surface area contributed by atoms with Gasteiger partial charge in [-0.05, 0) is 23.3 Å². The minimum absolute atomic E-state index is 0.0324. The van der Waals surface area contributed by atoms with E-state index in [1.54, 1.807) is 0 Å². The van der Waals surface area contributed by atoms with Crippen LogP contribution in [0.5, 0.6) is 0 Å². The summed E-state index contributed by atoms with van der Waals surface area (Å²) in [4.78, 5) is 0. The molecule has 0 radical (unpaired) electrons. The van der Waals surface area contributed by atoms with Gasteiger partial charge in [0, 0.05) is 0 Å². The van der Waals surface area contributed by atoms with E-state index in [9.17, 15) is 0 Å². The third-order valence-electron chi connectivity index (χ3n) is 1.23. The maximum Gasteiger partial charge on any atom is 0.185 e. The molecule has 4 heteroatoms. The molecule has 0 aromatic rings. The summed E-state index contributed by atoms with van der Waals surface area (Å²) in [5.41, 5.74) is 0. The molecular formula is C5H10N4. The fourth-order valence-electron chi connectivity index (χ4n) is 0.691. The summed E-state index contributed by atoms with van der Waals surface area (Å²) in [7, 11) is 0. The minimum atomic E-state index is 0.0324. The van der Waals surface area contributed by atoms with Crippen LogP contribution in [0.2, 0.25) is 0 Å². The van der Waals surface area contributed by atoms with Gasteiger partial charge in [-0.15, -0.1) is 10.2 Å². The lowest BCUT2D eigenvalue weighted by atomic mass is 10.2. The van der Waals surface area contributed by atoms with Crippen LogP contribution in [-0.4, -0.2) is 6.17 Å². The Kier molecular flexibility index (Phi) is 2.30. The second-order valence-electron chi connectivity index (χ2n) is 2.03. The van der Waals surface area contributed by atoms with E-state index in [-0.39, 0.29) is 6.17 Å². The van der Waals surface area contributed by atoms with Gasteiger partial charge in [-0.2, -0.15) is 0 Å². The van der Waals surface area contributed by atoms with Gasteiger partial charge < -0.3 is 0 Å². The standard InChI is InChI=1S/C5H10N4/c1-2-3-4-5-6-8-9-7-5/h5H,2-4H2,1H3. The minimum Gasteiger partial charge on any atom is -0.138 e. The van der Waals surface area contributed by atoms with Crippen molar-refractivity contribution < 1.29 is 0 Å². The van der Waals surface area contributed by atoms with Gasteiger partial charge in [-0.1, -0.05) is 13.3 Å². The summed E-state index contributed by atoms with van der Waals surface area (Å²) in [6.07, 6.45) is 3.36. The van der Waals surface area contributed by atoms with Crippen LogP contribution < -0.4 is 0 Å². The predicted molar refractivity (Wildman–Crippen MR) is 33.0 cm³/mol. The lowest BCUT2D eigenvalue weighted by Gasteiger charge is -1.95. The van der Waals surface area contributed by atoms with Crippen molar-refractivity contribution in [2.45, 2.75) is 32.4 Å². The topological polar surface area (TPSA) is 49.4 Å². The Morgan fingerprint density at radius 3 is 2.44 bits per heavy atom. The zero-order valence-corrected chi connectivity index (χ0v) is 5.49. The summed E-state index contributed by atoms with van der Waals surface area (Å²) in [5.74, 6) is 0. The molecule has 4 nitrogen and oxygen atoms in total. The highest BCUT2D eigenvalue weighted by Gasteiger charge is 2.06. The zero-order valence-electron chi connectivity index (χ0n) is 5.49. The SMILES string of the molecule is CCCCC1N=NN=N1. The second-order valence-corrected chi connectivity index (χ2v) is 2.03. The van der Waals surface area contributed by atoms with E-state index in [4.69, 9.17) is 0 Å². The molecule has 0 amide bonds. The molecule has 0 unspecified atom stereocenters. The molecule has 0 aromatic carbocycles. The maximum absolute atomic E-state index is 3.76. The Bertz CT molecular complexity index is 117. The Balaban J connectivity index is 2.13. The first kappa shape index (κ1) is 6.32. The fraction of sp³-hybridized carbons (Fsp3) is 1.00. The number of rotatable bonds is 3. The van der Waals surface area contributed by atoms with Crippen LogP contribution in [0.3, 0.4) is 0 Å². The molecule has 1 aliphatic rings. The van der Waals surface area contributed by atoms with Gasteiger partial charge in [0.05, 0.1) is 0 Å². The third-order valence-corrected chi connectivity index (χ3v) is 1.23. The highest BCUT2D eigenvalue weighted by Crippen LogP contribution is 2.11. The van der Waals surface area contributed by atoms with Crippen LogP contribution in [0.1, 0.15) is 26.2 Å². The average molecular weight is 126 g/mol. The molecule has 50 valence electrons. The van der Waals surface area contributed by atoms with E-state index < -0.39 is 0 Å². The van der Waals surface area contributed by atoms with Crippen LogP contribution >= 0.6 is 0 Å². The Hall–Kier alpha value is -0.800. The molecule has 1 rings (SSSR count). The monoisotopic (exact) mass is 126 g/mol. The maximum atomic E-state index is 3.76. The molecule has 0 atom stereocenters. The molecule has 0 saturated carbocycles. The van der Waals surface area contributed by atoms with Crippen molar-refractivity contribution in [2.24, 2.45) is 20.7 Å². The lowest BCUT2D eigenvalue weighted by Crippen LogP contribution is -1.94. The van der Waals surface area contributed by atoms with Crippen molar-refractivity contribution >= 4 is 0 Å².